The highest BCUT2D eigenvalue weighted by Gasteiger charge is 2.03. The standard InChI is InChI=1S/C9H19BrO2S2/c1-9(3-5-10)4-6-13-7-8-14(2,11)12/h9H,3-8H2,1-2H3. The number of thioether (sulfide) groups is 1. The molecule has 2 nitrogen and oxygen atoms in total. The maximum atomic E-state index is 10.8. The van der Waals surface area contributed by atoms with Gasteiger partial charge in [-0.15, -0.1) is 0 Å². The number of hydrogen-bond acceptors (Lipinski definition) is 3. The summed E-state index contributed by atoms with van der Waals surface area (Å²) < 4.78 is 21.6. The third kappa shape index (κ3) is 10.9. The molecule has 0 aromatic rings. The molecule has 0 aliphatic rings. The first-order valence-corrected chi connectivity index (χ1v) is 9.11. The molecule has 0 aliphatic heterocycles. The molecule has 14 heavy (non-hydrogen) atoms. The first-order chi connectivity index (χ1) is 6.45. The fourth-order valence-electron chi connectivity index (χ4n) is 0.927. The van der Waals surface area contributed by atoms with E-state index in [4.69, 9.17) is 0 Å². The molecule has 86 valence electrons. The molecule has 0 spiro atoms. The van der Waals surface area contributed by atoms with Gasteiger partial charge in [0, 0.05) is 17.3 Å². The molecule has 0 heterocycles. The van der Waals surface area contributed by atoms with E-state index >= 15 is 0 Å². The smallest absolute Gasteiger partial charge is 0.148 e. The molecule has 0 saturated heterocycles. The van der Waals surface area contributed by atoms with E-state index in [1.807, 2.05) is 0 Å². The summed E-state index contributed by atoms with van der Waals surface area (Å²) in [6.07, 6.45) is 3.67. The Labute approximate surface area is 100 Å². The van der Waals surface area contributed by atoms with Crippen LogP contribution in [0.3, 0.4) is 0 Å². The number of halogens is 1. The molecule has 1 unspecified atom stereocenters. The van der Waals surface area contributed by atoms with Crippen LogP contribution in [0, 0.1) is 5.92 Å². The third-order valence-electron chi connectivity index (χ3n) is 1.96. The van der Waals surface area contributed by atoms with Crippen LogP contribution in [-0.2, 0) is 9.84 Å². The fourth-order valence-corrected chi connectivity index (χ4v) is 4.16. The monoisotopic (exact) mass is 302 g/mol. The van der Waals surface area contributed by atoms with E-state index in [-0.39, 0.29) is 0 Å². The van der Waals surface area contributed by atoms with Crippen molar-refractivity contribution in [3.05, 3.63) is 0 Å². The topological polar surface area (TPSA) is 34.1 Å². The van der Waals surface area contributed by atoms with Gasteiger partial charge in [-0.1, -0.05) is 22.9 Å². The Morgan fingerprint density at radius 3 is 2.43 bits per heavy atom. The third-order valence-corrected chi connectivity index (χ3v) is 4.63. The molecule has 0 aromatic carbocycles. The van der Waals surface area contributed by atoms with Crippen LogP contribution in [0.15, 0.2) is 0 Å². The van der Waals surface area contributed by atoms with Crippen molar-refractivity contribution in [2.75, 3.05) is 28.8 Å². The van der Waals surface area contributed by atoms with Crippen LogP contribution >= 0.6 is 27.7 Å². The molecular weight excluding hydrogens is 284 g/mol. The molecule has 0 rings (SSSR count). The van der Waals surface area contributed by atoms with Gasteiger partial charge in [0.05, 0.1) is 5.75 Å². The number of sulfone groups is 1. The van der Waals surface area contributed by atoms with Gasteiger partial charge in [-0.2, -0.15) is 11.8 Å². The van der Waals surface area contributed by atoms with Gasteiger partial charge in [0.15, 0.2) is 0 Å². The molecule has 0 fully saturated rings. The van der Waals surface area contributed by atoms with Crippen molar-refractivity contribution in [1.82, 2.24) is 0 Å². The van der Waals surface area contributed by atoms with Gasteiger partial charge < -0.3 is 0 Å². The predicted molar refractivity (Wildman–Crippen MR) is 69.2 cm³/mol. The van der Waals surface area contributed by atoms with Gasteiger partial charge in [0.1, 0.15) is 9.84 Å². The van der Waals surface area contributed by atoms with Crippen LogP contribution in [0.1, 0.15) is 19.8 Å². The van der Waals surface area contributed by atoms with E-state index in [1.54, 1.807) is 11.8 Å². The largest absolute Gasteiger partial charge is 0.229 e. The SMILES string of the molecule is CC(CCBr)CCSCCS(C)(=O)=O. The highest BCUT2D eigenvalue weighted by molar-refractivity contribution is 9.09. The number of hydrogen-bond donors (Lipinski definition) is 0. The second-order valence-electron chi connectivity index (χ2n) is 3.61. The maximum Gasteiger partial charge on any atom is 0.148 e. The Bertz CT molecular complexity index is 227. The molecule has 5 heteroatoms. The van der Waals surface area contributed by atoms with Gasteiger partial charge in [-0.25, -0.2) is 8.42 Å². The van der Waals surface area contributed by atoms with Crippen molar-refractivity contribution < 1.29 is 8.42 Å². The Morgan fingerprint density at radius 1 is 1.29 bits per heavy atom. The summed E-state index contributed by atoms with van der Waals surface area (Å²) in [5, 5.41) is 1.06. The Morgan fingerprint density at radius 2 is 1.93 bits per heavy atom. The van der Waals surface area contributed by atoms with E-state index in [2.05, 4.69) is 22.9 Å². The molecule has 0 aliphatic carbocycles. The van der Waals surface area contributed by atoms with Crippen LogP contribution in [0.5, 0.6) is 0 Å². The minimum atomic E-state index is -2.76. The lowest BCUT2D eigenvalue weighted by molar-refractivity contribution is 0.555. The Kier molecular flexibility index (Phi) is 8.44. The second-order valence-corrected chi connectivity index (χ2v) is 7.89. The van der Waals surface area contributed by atoms with Gasteiger partial charge in [0.25, 0.3) is 0 Å². The van der Waals surface area contributed by atoms with Crippen molar-refractivity contribution in [3.8, 4) is 0 Å². The van der Waals surface area contributed by atoms with Gasteiger partial charge in [-0.3, -0.25) is 0 Å². The molecule has 0 saturated carbocycles. The molecule has 0 amide bonds. The summed E-state index contributed by atoms with van der Waals surface area (Å²) in [4.78, 5) is 0. The van der Waals surface area contributed by atoms with Crippen LogP contribution in [0.4, 0.5) is 0 Å². The summed E-state index contributed by atoms with van der Waals surface area (Å²) in [5.74, 6) is 2.86. The first kappa shape index (κ1) is 14.8. The van der Waals surface area contributed by atoms with E-state index in [0.29, 0.717) is 5.75 Å². The van der Waals surface area contributed by atoms with Crippen molar-refractivity contribution >= 4 is 37.5 Å². The highest BCUT2D eigenvalue weighted by Crippen LogP contribution is 2.13. The lowest BCUT2D eigenvalue weighted by Crippen LogP contribution is -2.06. The molecule has 0 radical (unpaired) electrons. The average Bonchev–Trinajstić information content (AvgIpc) is 2.02. The molecular formula is C9H19BrO2S2. The Hall–Kier alpha value is 0.780. The van der Waals surface area contributed by atoms with E-state index < -0.39 is 9.84 Å². The molecule has 1 atom stereocenters. The minimum Gasteiger partial charge on any atom is -0.229 e. The summed E-state index contributed by atoms with van der Waals surface area (Å²) in [5.41, 5.74) is 0. The zero-order valence-electron chi connectivity index (χ0n) is 8.83. The van der Waals surface area contributed by atoms with E-state index in [0.717, 1.165) is 22.8 Å². The fraction of sp³-hybridized carbons (Fsp3) is 1.00. The number of rotatable bonds is 8. The maximum absolute atomic E-state index is 10.8. The predicted octanol–water partition coefficient (Wildman–Crippen LogP) is 2.58. The van der Waals surface area contributed by atoms with Gasteiger partial charge in [0.2, 0.25) is 0 Å². The van der Waals surface area contributed by atoms with Crippen molar-refractivity contribution in [2.24, 2.45) is 5.92 Å². The van der Waals surface area contributed by atoms with Crippen LogP contribution in [0.2, 0.25) is 0 Å². The average molecular weight is 303 g/mol. The quantitative estimate of drug-likeness (QED) is 0.510. The van der Waals surface area contributed by atoms with Crippen molar-refractivity contribution in [1.29, 1.82) is 0 Å². The second kappa shape index (κ2) is 7.99. The summed E-state index contributed by atoms with van der Waals surface area (Å²) >= 11 is 5.15. The van der Waals surface area contributed by atoms with E-state index in [1.165, 1.54) is 19.1 Å². The van der Waals surface area contributed by atoms with Gasteiger partial charge in [-0.05, 0) is 24.5 Å². The Balaban J connectivity index is 3.30. The summed E-state index contributed by atoms with van der Waals surface area (Å²) in [6.45, 7) is 2.23. The van der Waals surface area contributed by atoms with Crippen molar-refractivity contribution in [2.45, 2.75) is 19.8 Å². The molecule has 0 aromatic heterocycles. The molecule has 0 N–H and O–H groups in total. The van der Waals surface area contributed by atoms with Crippen LogP contribution < -0.4 is 0 Å². The summed E-state index contributed by atoms with van der Waals surface area (Å²) in [7, 11) is -2.76. The summed E-state index contributed by atoms with van der Waals surface area (Å²) in [6, 6.07) is 0. The normalized spacial score (nSPS) is 14.2. The number of alkyl halides is 1. The lowest BCUT2D eigenvalue weighted by atomic mass is 10.1. The molecule has 0 bridgehead atoms. The zero-order valence-corrected chi connectivity index (χ0v) is 12.0. The van der Waals surface area contributed by atoms with Crippen molar-refractivity contribution in [3.63, 3.8) is 0 Å². The van der Waals surface area contributed by atoms with Gasteiger partial charge >= 0.3 is 0 Å². The van der Waals surface area contributed by atoms with E-state index in [9.17, 15) is 8.42 Å². The first-order valence-electron chi connectivity index (χ1n) is 4.77. The minimum absolute atomic E-state index is 0.310. The van der Waals surface area contributed by atoms with Crippen LogP contribution in [0.25, 0.3) is 0 Å². The highest BCUT2D eigenvalue weighted by atomic mass is 79.9. The lowest BCUT2D eigenvalue weighted by Gasteiger charge is -2.08. The van der Waals surface area contributed by atoms with Crippen LogP contribution in [-0.4, -0.2) is 37.3 Å². The zero-order chi connectivity index (χ0) is 11.0.